The largest absolute Gasteiger partial charge is 0.381 e. The molecule has 1 saturated heterocycles. The summed E-state index contributed by atoms with van der Waals surface area (Å²) in [4.78, 5) is 4.36. The van der Waals surface area contributed by atoms with Gasteiger partial charge in [-0.2, -0.15) is 5.10 Å². The molecule has 0 saturated carbocycles. The molecule has 1 aromatic carbocycles. The molecule has 0 unspecified atom stereocenters. The summed E-state index contributed by atoms with van der Waals surface area (Å²) in [6.45, 7) is 3.14. The van der Waals surface area contributed by atoms with E-state index in [0.717, 1.165) is 44.3 Å². The Labute approximate surface area is 172 Å². The van der Waals surface area contributed by atoms with Gasteiger partial charge in [-0.15, -0.1) is 24.0 Å². The van der Waals surface area contributed by atoms with Crippen LogP contribution in [0.15, 0.2) is 47.6 Å². The van der Waals surface area contributed by atoms with Gasteiger partial charge in [0.2, 0.25) is 0 Å². The molecule has 6 nitrogen and oxygen atoms in total. The lowest BCUT2D eigenvalue weighted by Crippen LogP contribution is -2.48. The molecular formula is C19H28IN5O. The second-order valence-electron chi connectivity index (χ2n) is 6.48. The highest BCUT2D eigenvalue weighted by atomic mass is 127. The van der Waals surface area contributed by atoms with Crippen molar-refractivity contribution in [2.24, 2.45) is 12.0 Å². The monoisotopic (exact) mass is 469 g/mol. The zero-order valence-corrected chi connectivity index (χ0v) is 17.8. The molecule has 0 radical (unpaired) electrons. The van der Waals surface area contributed by atoms with Gasteiger partial charge in [-0.1, -0.05) is 30.3 Å². The van der Waals surface area contributed by atoms with E-state index in [4.69, 9.17) is 4.74 Å². The number of aromatic nitrogens is 2. The Morgan fingerprint density at radius 3 is 2.54 bits per heavy atom. The highest BCUT2D eigenvalue weighted by Crippen LogP contribution is 2.34. The van der Waals surface area contributed by atoms with Crippen LogP contribution >= 0.6 is 24.0 Å². The van der Waals surface area contributed by atoms with Gasteiger partial charge < -0.3 is 15.4 Å². The lowest BCUT2D eigenvalue weighted by Gasteiger charge is -2.38. The van der Waals surface area contributed by atoms with Gasteiger partial charge in [-0.3, -0.25) is 9.67 Å². The van der Waals surface area contributed by atoms with Gasteiger partial charge in [-0.25, -0.2) is 0 Å². The van der Waals surface area contributed by atoms with E-state index in [1.54, 1.807) is 13.2 Å². The minimum Gasteiger partial charge on any atom is -0.381 e. The highest BCUT2D eigenvalue weighted by Gasteiger charge is 2.34. The van der Waals surface area contributed by atoms with Crippen LogP contribution in [0.25, 0.3) is 0 Å². The van der Waals surface area contributed by atoms with E-state index in [-0.39, 0.29) is 29.4 Å². The molecule has 2 N–H and O–H groups in total. The average molecular weight is 469 g/mol. The lowest BCUT2D eigenvalue weighted by atomic mass is 9.74. The summed E-state index contributed by atoms with van der Waals surface area (Å²) in [5, 5.41) is 11.1. The molecule has 1 fully saturated rings. The first kappa shape index (κ1) is 20.7. The van der Waals surface area contributed by atoms with Gasteiger partial charge in [-0.05, 0) is 24.5 Å². The van der Waals surface area contributed by atoms with Crippen molar-refractivity contribution in [3.63, 3.8) is 0 Å². The van der Waals surface area contributed by atoms with E-state index in [0.29, 0.717) is 6.54 Å². The molecule has 0 amide bonds. The second-order valence-corrected chi connectivity index (χ2v) is 6.48. The van der Waals surface area contributed by atoms with E-state index in [1.807, 2.05) is 17.8 Å². The van der Waals surface area contributed by atoms with Crippen molar-refractivity contribution >= 4 is 29.9 Å². The Morgan fingerprint density at radius 2 is 1.92 bits per heavy atom. The van der Waals surface area contributed by atoms with E-state index in [9.17, 15) is 0 Å². The van der Waals surface area contributed by atoms with E-state index in [2.05, 4.69) is 51.1 Å². The molecule has 1 aliphatic heterocycles. The molecule has 7 heteroatoms. The van der Waals surface area contributed by atoms with Crippen molar-refractivity contribution in [1.82, 2.24) is 20.4 Å². The smallest absolute Gasteiger partial charge is 0.191 e. The summed E-state index contributed by atoms with van der Waals surface area (Å²) < 4.78 is 7.47. The number of ether oxygens (including phenoxy) is 1. The standard InChI is InChI=1S/C19H27N5O.HI/c1-20-18(21-14-17-8-11-23-24(17)2)22-15-19(9-12-25-13-10-19)16-6-4-3-5-7-16;/h3-8,11H,9-10,12-15H2,1-2H3,(H2,20,21,22);1H. The summed E-state index contributed by atoms with van der Waals surface area (Å²) in [6.07, 6.45) is 3.84. The van der Waals surface area contributed by atoms with Crippen LogP contribution in [0.3, 0.4) is 0 Å². The van der Waals surface area contributed by atoms with Gasteiger partial charge in [0.1, 0.15) is 0 Å². The molecule has 142 valence electrons. The predicted octanol–water partition coefficient (Wildman–Crippen LogP) is 2.45. The predicted molar refractivity (Wildman–Crippen MR) is 115 cm³/mol. The topological polar surface area (TPSA) is 63.5 Å². The quantitative estimate of drug-likeness (QED) is 0.401. The van der Waals surface area contributed by atoms with Crippen molar-refractivity contribution in [3.8, 4) is 0 Å². The van der Waals surface area contributed by atoms with E-state index < -0.39 is 0 Å². The molecule has 0 bridgehead atoms. The molecule has 2 aromatic rings. The molecule has 0 aliphatic carbocycles. The zero-order chi connectivity index (χ0) is 17.5. The zero-order valence-electron chi connectivity index (χ0n) is 15.4. The van der Waals surface area contributed by atoms with Crippen LogP contribution in [-0.2, 0) is 23.7 Å². The molecule has 1 aliphatic rings. The van der Waals surface area contributed by atoms with Gasteiger partial charge in [0.15, 0.2) is 5.96 Å². The maximum atomic E-state index is 5.61. The van der Waals surface area contributed by atoms with Crippen LogP contribution in [0.5, 0.6) is 0 Å². The first-order valence-corrected chi connectivity index (χ1v) is 8.78. The first-order chi connectivity index (χ1) is 12.2. The number of nitrogens with one attached hydrogen (secondary N) is 2. The maximum Gasteiger partial charge on any atom is 0.191 e. The fraction of sp³-hybridized carbons (Fsp3) is 0.474. The summed E-state index contributed by atoms with van der Waals surface area (Å²) >= 11 is 0. The third kappa shape index (κ3) is 4.97. The Bertz CT molecular complexity index is 695. The van der Waals surface area contributed by atoms with Crippen molar-refractivity contribution in [2.75, 3.05) is 26.8 Å². The Balaban J connectivity index is 0.00000243. The van der Waals surface area contributed by atoms with Crippen LogP contribution in [-0.4, -0.2) is 42.5 Å². The van der Waals surface area contributed by atoms with Crippen molar-refractivity contribution in [1.29, 1.82) is 0 Å². The molecule has 3 rings (SSSR count). The van der Waals surface area contributed by atoms with Gasteiger partial charge in [0, 0.05) is 45.5 Å². The van der Waals surface area contributed by atoms with Crippen LogP contribution in [0, 0.1) is 0 Å². The van der Waals surface area contributed by atoms with Gasteiger partial charge >= 0.3 is 0 Å². The SMILES string of the molecule is CN=C(NCc1ccnn1C)NCC1(c2ccccc2)CCOCC1.I. The third-order valence-electron chi connectivity index (χ3n) is 5.01. The van der Waals surface area contributed by atoms with Gasteiger partial charge in [0.25, 0.3) is 0 Å². The van der Waals surface area contributed by atoms with Crippen LogP contribution in [0.4, 0.5) is 0 Å². The number of nitrogens with zero attached hydrogens (tertiary/aromatic N) is 3. The minimum absolute atomic E-state index is 0. The average Bonchev–Trinajstić information content (AvgIpc) is 3.08. The van der Waals surface area contributed by atoms with Crippen LogP contribution < -0.4 is 10.6 Å². The maximum absolute atomic E-state index is 5.61. The number of guanidine groups is 1. The second kappa shape index (κ2) is 9.91. The normalized spacial score (nSPS) is 16.6. The number of aryl methyl sites for hydroxylation is 1. The van der Waals surface area contributed by atoms with Crippen LogP contribution in [0.1, 0.15) is 24.1 Å². The van der Waals surface area contributed by atoms with E-state index in [1.165, 1.54) is 5.56 Å². The Hall–Kier alpha value is -1.61. The number of rotatable bonds is 5. The number of hydrogen-bond acceptors (Lipinski definition) is 3. The fourth-order valence-electron chi connectivity index (χ4n) is 3.34. The fourth-order valence-corrected chi connectivity index (χ4v) is 3.34. The van der Waals surface area contributed by atoms with Crippen LogP contribution in [0.2, 0.25) is 0 Å². The lowest BCUT2D eigenvalue weighted by molar-refractivity contribution is 0.0514. The molecular weight excluding hydrogens is 441 g/mol. The summed E-state index contributed by atoms with van der Waals surface area (Å²) in [7, 11) is 3.75. The number of aliphatic imine (C=N–C) groups is 1. The highest BCUT2D eigenvalue weighted by molar-refractivity contribution is 14.0. The Kier molecular flexibility index (Phi) is 7.89. The molecule has 2 heterocycles. The first-order valence-electron chi connectivity index (χ1n) is 8.78. The van der Waals surface area contributed by atoms with Gasteiger partial charge in [0.05, 0.1) is 12.2 Å². The summed E-state index contributed by atoms with van der Waals surface area (Å²) in [5.41, 5.74) is 2.57. The summed E-state index contributed by atoms with van der Waals surface area (Å²) in [5.74, 6) is 0.808. The third-order valence-corrected chi connectivity index (χ3v) is 5.01. The van der Waals surface area contributed by atoms with Crippen molar-refractivity contribution in [3.05, 3.63) is 53.9 Å². The van der Waals surface area contributed by atoms with Crippen molar-refractivity contribution < 1.29 is 4.74 Å². The molecule has 0 spiro atoms. The summed E-state index contributed by atoms with van der Waals surface area (Å²) in [6, 6.07) is 12.7. The minimum atomic E-state index is 0. The van der Waals surface area contributed by atoms with E-state index >= 15 is 0 Å². The molecule has 26 heavy (non-hydrogen) atoms. The molecule has 0 atom stereocenters. The number of benzene rings is 1. The molecule has 1 aromatic heterocycles. The Morgan fingerprint density at radius 1 is 1.19 bits per heavy atom. The number of halogens is 1. The number of hydrogen-bond donors (Lipinski definition) is 2. The van der Waals surface area contributed by atoms with Crippen molar-refractivity contribution in [2.45, 2.75) is 24.8 Å².